The molecule has 1 aromatic carbocycles. The van der Waals surface area contributed by atoms with Crippen LogP contribution in [0.25, 0.3) is 0 Å². The molecule has 0 spiro atoms. The van der Waals surface area contributed by atoms with Gasteiger partial charge >= 0.3 is 191 Å². The summed E-state index contributed by atoms with van der Waals surface area (Å²) in [6.07, 6.45) is 9.61. The number of hydrogen-bond donors (Lipinski definition) is 2. The first-order valence-electron chi connectivity index (χ1n) is 12.3. The molecule has 0 heterocycles. The average molecular weight is 422 g/mol. The summed E-state index contributed by atoms with van der Waals surface area (Å²) in [7, 11) is 6.32. The van der Waals surface area contributed by atoms with Gasteiger partial charge in [0.25, 0.3) is 0 Å². The van der Waals surface area contributed by atoms with Gasteiger partial charge in [-0.15, -0.1) is 0 Å². The Bertz CT molecular complexity index is 798. The van der Waals surface area contributed by atoms with Gasteiger partial charge in [0.1, 0.15) is 0 Å². The Morgan fingerprint density at radius 3 is 2.45 bits per heavy atom. The molecular formula is C27H43BN2O. The van der Waals surface area contributed by atoms with Crippen molar-refractivity contribution in [2.75, 3.05) is 20.1 Å². The van der Waals surface area contributed by atoms with E-state index < -0.39 is 0 Å². The summed E-state index contributed by atoms with van der Waals surface area (Å²) in [6.45, 7) is 10.4. The quantitative estimate of drug-likeness (QED) is 0.478. The van der Waals surface area contributed by atoms with Gasteiger partial charge in [0, 0.05) is 0 Å². The standard InChI is InChI=1S/C27H43BN2O/c1-6-10-22-13-14-25(24(19-22)21(4)28)27(7-2,15-17-29-5)16-18-30-26(31)23-12-9-8-11-20(23)3/h13-14,19,28-29H,6-12,15-18H2,1-5H3,(H,30,31). The van der Waals surface area contributed by atoms with E-state index in [1.54, 1.807) is 0 Å². The van der Waals surface area contributed by atoms with Gasteiger partial charge in [-0.25, -0.2) is 0 Å². The molecule has 1 aliphatic rings. The first kappa shape index (κ1) is 25.6. The predicted molar refractivity (Wildman–Crippen MR) is 137 cm³/mol. The number of allylic oxidation sites excluding steroid dienone is 1. The Hall–Kier alpha value is -1.68. The molecule has 0 aliphatic heterocycles. The van der Waals surface area contributed by atoms with Crippen LogP contribution in [0.2, 0.25) is 0 Å². The minimum atomic E-state index is 0.0192. The zero-order chi connectivity index (χ0) is 22.9. The third-order valence-electron chi connectivity index (χ3n) is 7.09. The fourth-order valence-electron chi connectivity index (χ4n) is 5.04. The van der Waals surface area contributed by atoms with Crippen molar-refractivity contribution in [3.63, 3.8) is 0 Å². The molecular weight excluding hydrogens is 379 g/mol. The molecule has 2 N–H and O–H groups in total. The molecule has 170 valence electrons. The molecule has 31 heavy (non-hydrogen) atoms. The Balaban J connectivity index is 2.28. The van der Waals surface area contributed by atoms with Crippen molar-refractivity contribution in [3.8, 4) is 0 Å². The second kappa shape index (κ2) is 12.4. The third-order valence-corrected chi connectivity index (χ3v) is 7.09. The van der Waals surface area contributed by atoms with Gasteiger partial charge in [0.2, 0.25) is 0 Å². The predicted octanol–water partition coefficient (Wildman–Crippen LogP) is 4.73. The molecule has 0 aromatic heterocycles. The van der Waals surface area contributed by atoms with Crippen molar-refractivity contribution >= 4 is 18.9 Å². The van der Waals surface area contributed by atoms with E-state index >= 15 is 0 Å². The van der Waals surface area contributed by atoms with Crippen molar-refractivity contribution in [1.29, 1.82) is 0 Å². The zero-order valence-corrected chi connectivity index (χ0v) is 20.6. The summed E-state index contributed by atoms with van der Waals surface area (Å²) >= 11 is 0. The van der Waals surface area contributed by atoms with Crippen LogP contribution >= 0.6 is 0 Å². The SMILES string of the molecule is B=C(C)c1cc(CCC)ccc1C(CC)(CCNC)CCNC(=O)C1=C(C)CCCC1. The van der Waals surface area contributed by atoms with Gasteiger partial charge in [-0.05, 0) is 0 Å². The van der Waals surface area contributed by atoms with Crippen molar-refractivity contribution in [2.45, 2.75) is 90.9 Å². The van der Waals surface area contributed by atoms with Crippen LogP contribution in [-0.2, 0) is 16.6 Å². The Labute approximate surface area is 191 Å². The number of rotatable bonds is 12. The molecule has 1 unspecified atom stereocenters. The topological polar surface area (TPSA) is 41.1 Å². The maximum atomic E-state index is 12.8. The molecule has 1 aromatic rings. The molecule has 2 rings (SSSR count). The number of carbonyl (C=O) groups excluding carboxylic acids is 1. The number of amides is 1. The molecule has 1 amide bonds. The number of carbonyl (C=O) groups is 1. The van der Waals surface area contributed by atoms with E-state index in [4.69, 9.17) is 0 Å². The van der Waals surface area contributed by atoms with Gasteiger partial charge in [0.05, 0.1) is 0 Å². The Morgan fingerprint density at radius 1 is 1.13 bits per heavy atom. The molecule has 4 heteroatoms. The molecule has 0 fully saturated rings. The van der Waals surface area contributed by atoms with E-state index in [0.29, 0.717) is 6.54 Å². The van der Waals surface area contributed by atoms with Gasteiger partial charge in [0.15, 0.2) is 0 Å². The van der Waals surface area contributed by atoms with Gasteiger partial charge in [-0.3, -0.25) is 0 Å². The summed E-state index contributed by atoms with van der Waals surface area (Å²) < 4.78 is 0. The molecule has 3 nitrogen and oxygen atoms in total. The van der Waals surface area contributed by atoms with Crippen molar-refractivity contribution in [2.24, 2.45) is 0 Å². The molecule has 0 saturated carbocycles. The van der Waals surface area contributed by atoms with Crippen LogP contribution in [0.1, 0.15) is 95.8 Å². The normalized spacial score (nSPS) is 16.1. The van der Waals surface area contributed by atoms with E-state index in [-0.39, 0.29) is 11.3 Å². The fourth-order valence-corrected chi connectivity index (χ4v) is 5.04. The fraction of sp³-hybridized carbons (Fsp3) is 0.630. The second-order valence-corrected chi connectivity index (χ2v) is 9.37. The summed E-state index contributed by atoms with van der Waals surface area (Å²) in [4.78, 5) is 12.8. The van der Waals surface area contributed by atoms with Crippen LogP contribution in [0.5, 0.6) is 0 Å². The van der Waals surface area contributed by atoms with Crippen LogP contribution in [0.4, 0.5) is 0 Å². The van der Waals surface area contributed by atoms with E-state index in [1.807, 2.05) is 7.05 Å². The van der Waals surface area contributed by atoms with E-state index in [2.05, 4.69) is 64.0 Å². The van der Waals surface area contributed by atoms with Crippen LogP contribution in [0.3, 0.4) is 0 Å². The zero-order valence-electron chi connectivity index (χ0n) is 20.6. The average Bonchev–Trinajstić information content (AvgIpc) is 2.76. The summed E-state index contributed by atoms with van der Waals surface area (Å²) in [5.74, 6) is 0.147. The molecule has 0 bridgehead atoms. The summed E-state index contributed by atoms with van der Waals surface area (Å²) in [5, 5.41) is 6.61. The van der Waals surface area contributed by atoms with Gasteiger partial charge in [-0.2, -0.15) is 0 Å². The van der Waals surface area contributed by atoms with Crippen LogP contribution in [0.15, 0.2) is 29.3 Å². The van der Waals surface area contributed by atoms with Gasteiger partial charge in [-0.1, -0.05) is 0 Å². The number of hydrogen-bond acceptors (Lipinski definition) is 2. The first-order valence-corrected chi connectivity index (χ1v) is 12.3. The van der Waals surface area contributed by atoms with Crippen molar-refractivity contribution < 1.29 is 4.79 Å². The number of aryl methyl sites for hydroxylation is 1. The van der Waals surface area contributed by atoms with E-state index in [0.717, 1.165) is 68.9 Å². The first-order chi connectivity index (χ1) is 14.9. The summed E-state index contributed by atoms with van der Waals surface area (Å²) in [5.41, 5.74) is 7.51. The van der Waals surface area contributed by atoms with Crippen molar-refractivity contribution in [1.82, 2.24) is 10.6 Å². The second-order valence-electron chi connectivity index (χ2n) is 9.37. The number of nitrogens with one attached hydrogen (secondary N) is 2. The Kier molecular flexibility index (Phi) is 10.2. The van der Waals surface area contributed by atoms with Crippen LogP contribution in [-0.4, -0.2) is 39.0 Å². The Morgan fingerprint density at radius 2 is 1.84 bits per heavy atom. The minimum absolute atomic E-state index is 0.0192. The van der Waals surface area contributed by atoms with E-state index in [9.17, 15) is 4.79 Å². The third kappa shape index (κ3) is 6.65. The molecule has 0 radical (unpaired) electrons. The van der Waals surface area contributed by atoms with Crippen LogP contribution in [0, 0.1) is 0 Å². The number of benzene rings is 1. The summed E-state index contributed by atoms with van der Waals surface area (Å²) in [6, 6.07) is 6.98. The molecule has 0 saturated heterocycles. The van der Waals surface area contributed by atoms with Crippen molar-refractivity contribution in [3.05, 3.63) is 46.0 Å². The molecule has 1 atom stereocenters. The maximum absolute atomic E-state index is 12.8. The van der Waals surface area contributed by atoms with Gasteiger partial charge < -0.3 is 0 Å². The molecule has 1 aliphatic carbocycles. The monoisotopic (exact) mass is 422 g/mol. The van der Waals surface area contributed by atoms with Crippen LogP contribution < -0.4 is 10.6 Å². The van der Waals surface area contributed by atoms with E-state index in [1.165, 1.54) is 28.7 Å².